The highest BCUT2D eigenvalue weighted by atomic mass is 35.5. The largest absolute Gasteiger partial charge is 0.481 e. The molecule has 146 valence electrons. The predicted molar refractivity (Wildman–Crippen MR) is 116 cm³/mol. The maximum absolute atomic E-state index is 11.6. The Morgan fingerprint density at radius 1 is 0.786 bits per heavy atom. The Labute approximate surface area is 172 Å². The predicted octanol–water partition coefficient (Wildman–Crippen LogP) is 5.83. The number of hydrogen-bond acceptors (Lipinski definition) is 2. The average Bonchev–Trinajstić information content (AvgIpc) is 2.72. The monoisotopic (exact) mass is 395 g/mol. The van der Waals surface area contributed by atoms with Gasteiger partial charge in [0.15, 0.2) is 0 Å². The van der Waals surface area contributed by atoms with Gasteiger partial charge in [0.2, 0.25) is 0 Å². The number of carboxylic acids is 1. The highest BCUT2D eigenvalue weighted by molar-refractivity contribution is 5.85. The van der Waals surface area contributed by atoms with Gasteiger partial charge in [0, 0.05) is 12.4 Å². The lowest BCUT2D eigenvalue weighted by Crippen LogP contribution is -2.15. The number of rotatable bonds is 9. The van der Waals surface area contributed by atoms with Crippen molar-refractivity contribution in [2.45, 2.75) is 32.1 Å². The Balaban J connectivity index is 0.00000280. The lowest BCUT2D eigenvalue weighted by molar-refractivity contribution is -0.142. The van der Waals surface area contributed by atoms with E-state index in [0.29, 0.717) is 6.42 Å². The second-order valence-electron chi connectivity index (χ2n) is 6.88. The molecule has 0 bridgehead atoms. The molecular formula is C24H26ClNO2. The number of benzene rings is 2. The number of hydrogen-bond donors (Lipinski definition) is 1. The fourth-order valence-corrected chi connectivity index (χ4v) is 3.34. The molecule has 3 aromatic rings. The molecule has 3 rings (SSSR count). The molecule has 0 aliphatic heterocycles. The molecule has 0 fully saturated rings. The SMILES string of the molecule is Cl.O=C(O)C(CCCc1ccccc1)CCc1ccc(-c2ccncc2)cc1. The number of carboxylic acid groups (broad SMARTS) is 1. The highest BCUT2D eigenvalue weighted by Gasteiger charge is 2.17. The van der Waals surface area contributed by atoms with Gasteiger partial charge in [-0.05, 0) is 66.5 Å². The van der Waals surface area contributed by atoms with Crippen LogP contribution in [0.2, 0.25) is 0 Å². The van der Waals surface area contributed by atoms with Crippen LogP contribution in [0.4, 0.5) is 0 Å². The van der Waals surface area contributed by atoms with Crippen molar-refractivity contribution in [2.75, 3.05) is 0 Å². The van der Waals surface area contributed by atoms with Gasteiger partial charge in [-0.3, -0.25) is 9.78 Å². The Hall–Kier alpha value is -2.65. The van der Waals surface area contributed by atoms with Crippen molar-refractivity contribution in [2.24, 2.45) is 5.92 Å². The van der Waals surface area contributed by atoms with Gasteiger partial charge in [-0.1, -0.05) is 54.6 Å². The third-order valence-electron chi connectivity index (χ3n) is 4.96. The summed E-state index contributed by atoms with van der Waals surface area (Å²) in [7, 11) is 0. The van der Waals surface area contributed by atoms with E-state index in [1.54, 1.807) is 12.4 Å². The Bertz CT molecular complexity index is 835. The summed E-state index contributed by atoms with van der Waals surface area (Å²) in [6.45, 7) is 0. The molecular weight excluding hydrogens is 370 g/mol. The molecule has 1 heterocycles. The zero-order valence-corrected chi connectivity index (χ0v) is 16.6. The van der Waals surface area contributed by atoms with Crippen LogP contribution in [0.1, 0.15) is 30.4 Å². The van der Waals surface area contributed by atoms with E-state index in [0.717, 1.165) is 36.8 Å². The van der Waals surface area contributed by atoms with Crippen LogP contribution >= 0.6 is 12.4 Å². The van der Waals surface area contributed by atoms with Gasteiger partial charge in [0.25, 0.3) is 0 Å². The van der Waals surface area contributed by atoms with Crippen molar-refractivity contribution in [1.29, 1.82) is 0 Å². The summed E-state index contributed by atoms with van der Waals surface area (Å²) in [6.07, 6.45) is 7.61. The number of aliphatic carboxylic acids is 1. The van der Waals surface area contributed by atoms with Gasteiger partial charge in [-0.15, -0.1) is 12.4 Å². The van der Waals surface area contributed by atoms with E-state index in [1.165, 1.54) is 11.1 Å². The molecule has 0 amide bonds. The molecule has 28 heavy (non-hydrogen) atoms. The molecule has 2 aromatic carbocycles. The molecule has 0 radical (unpaired) electrons. The van der Waals surface area contributed by atoms with Crippen LogP contribution in [0.15, 0.2) is 79.1 Å². The van der Waals surface area contributed by atoms with Crippen LogP contribution in [-0.4, -0.2) is 16.1 Å². The van der Waals surface area contributed by atoms with Crippen molar-refractivity contribution < 1.29 is 9.90 Å². The Morgan fingerprint density at radius 2 is 1.39 bits per heavy atom. The molecule has 0 aliphatic carbocycles. The van der Waals surface area contributed by atoms with Crippen molar-refractivity contribution in [3.63, 3.8) is 0 Å². The average molecular weight is 396 g/mol. The first-order valence-electron chi connectivity index (χ1n) is 9.48. The molecule has 0 aliphatic rings. The second-order valence-corrected chi connectivity index (χ2v) is 6.88. The van der Waals surface area contributed by atoms with Gasteiger partial charge in [-0.25, -0.2) is 0 Å². The van der Waals surface area contributed by atoms with Crippen LogP contribution in [0, 0.1) is 5.92 Å². The topological polar surface area (TPSA) is 50.2 Å². The number of halogens is 1. The molecule has 1 N–H and O–H groups in total. The van der Waals surface area contributed by atoms with E-state index >= 15 is 0 Å². The first-order valence-corrected chi connectivity index (χ1v) is 9.48. The van der Waals surface area contributed by atoms with Crippen molar-refractivity contribution >= 4 is 18.4 Å². The first kappa shape index (κ1) is 21.6. The Kier molecular flexibility index (Phi) is 8.70. The van der Waals surface area contributed by atoms with Gasteiger partial charge >= 0.3 is 5.97 Å². The second kappa shape index (κ2) is 11.3. The molecule has 1 unspecified atom stereocenters. The van der Waals surface area contributed by atoms with Crippen LogP contribution < -0.4 is 0 Å². The van der Waals surface area contributed by atoms with Crippen molar-refractivity contribution in [3.8, 4) is 11.1 Å². The molecule has 0 saturated heterocycles. The van der Waals surface area contributed by atoms with E-state index < -0.39 is 5.97 Å². The van der Waals surface area contributed by atoms with Crippen molar-refractivity contribution in [3.05, 3.63) is 90.3 Å². The smallest absolute Gasteiger partial charge is 0.306 e. The lowest BCUT2D eigenvalue weighted by atomic mass is 9.93. The minimum Gasteiger partial charge on any atom is -0.481 e. The standard InChI is InChI=1S/C24H25NO2.ClH/c26-24(27)23(8-4-7-19-5-2-1-3-6-19)14-11-20-9-12-21(13-10-20)22-15-17-25-18-16-22;/h1-3,5-6,9-10,12-13,15-18,23H,4,7-8,11,14H2,(H,26,27);1H. The number of nitrogens with zero attached hydrogens (tertiary/aromatic N) is 1. The van der Waals surface area contributed by atoms with Crippen LogP contribution in [0.3, 0.4) is 0 Å². The van der Waals surface area contributed by atoms with E-state index in [2.05, 4.69) is 41.4 Å². The van der Waals surface area contributed by atoms with Crippen molar-refractivity contribution in [1.82, 2.24) is 4.98 Å². The minimum atomic E-state index is -0.684. The molecule has 4 heteroatoms. The fraction of sp³-hybridized carbons (Fsp3) is 0.250. The van der Waals surface area contributed by atoms with Gasteiger partial charge in [0.1, 0.15) is 0 Å². The lowest BCUT2D eigenvalue weighted by Gasteiger charge is -2.12. The molecule has 0 saturated carbocycles. The van der Waals surface area contributed by atoms with Crippen LogP contribution in [-0.2, 0) is 17.6 Å². The summed E-state index contributed by atoms with van der Waals surface area (Å²) in [6, 6.07) is 22.6. The summed E-state index contributed by atoms with van der Waals surface area (Å²) in [5.74, 6) is -0.968. The van der Waals surface area contributed by atoms with Gasteiger partial charge in [0.05, 0.1) is 5.92 Å². The molecule has 1 atom stereocenters. The van der Waals surface area contributed by atoms with Crippen LogP contribution in [0.25, 0.3) is 11.1 Å². The fourth-order valence-electron chi connectivity index (χ4n) is 3.34. The normalized spacial score (nSPS) is 11.4. The first-order chi connectivity index (χ1) is 13.2. The summed E-state index contributed by atoms with van der Waals surface area (Å²) >= 11 is 0. The minimum absolute atomic E-state index is 0. The summed E-state index contributed by atoms with van der Waals surface area (Å²) in [5.41, 5.74) is 4.75. The van der Waals surface area contributed by atoms with Gasteiger partial charge in [-0.2, -0.15) is 0 Å². The number of carbonyl (C=O) groups is 1. The molecule has 0 spiro atoms. The molecule has 1 aromatic heterocycles. The quantitative estimate of drug-likeness (QED) is 0.496. The zero-order chi connectivity index (χ0) is 18.9. The maximum Gasteiger partial charge on any atom is 0.306 e. The molecule has 3 nitrogen and oxygen atoms in total. The summed E-state index contributed by atoms with van der Waals surface area (Å²) in [5, 5.41) is 9.54. The highest BCUT2D eigenvalue weighted by Crippen LogP contribution is 2.21. The zero-order valence-electron chi connectivity index (χ0n) is 15.8. The summed E-state index contributed by atoms with van der Waals surface area (Å²) in [4.78, 5) is 15.6. The van der Waals surface area contributed by atoms with Gasteiger partial charge < -0.3 is 5.11 Å². The van der Waals surface area contributed by atoms with E-state index in [-0.39, 0.29) is 18.3 Å². The van der Waals surface area contributed by atoms with Crippen LogP contribution in [0.5, 0.6) is 0 Å². The van der Waals surface area contributed by atoms with E-state index in [1.807, 2.05) is 30.3 Å². The maximum atomic E-state index is 11.6. The van der Waals surface area contributed by atoms with E-state index in [9.17, 15) is 9.90 Å². The number of pyridine rings is 1. The number of aromatic nitrogens is 1. The number of aryl methyl sites for hydroxylation is 2. The summed E-state index contributed by atoms with van der Waals surface area (Å²) < 4.78 is 0. The van der Waals surface area contributed by atoms with E-state index in [4.69, 9.17) is 0 Å². The third-order valence-corrected chi connectivity index (χ3v) is 4.96. The third kappa shape index (κ3) is 6.50. The Morgan fingerprint density at radius 3 is 2.04 bits per heavy atom.